The summed E-state index contributed by atoms with van der Waals surface area (Å²) in [6, 6.07) is 3.57. The molecule has 1 aromatic heterocycles. The summed E-state index contributed by atoms with van der Waals surface area (Å²) in [5.74, 6) is 0.504. The van der Waals surface area contributed by atoms with Crippen molar-refractivity contribution in [2.24, 2.45) is 5.16 Å². The minimum Gasteiger partial charge on any atom is -0.399 e. The van der Waals surface area contributed by atoms with E-state index in [1.807, 2.05) is 13.0 Å². The molecule has 2 N–H and O–H groups in total. The summed E-state index contributed by atoms with van der Waals surface area (Å²) >= 11 is 0. The molecular formula is C8H11N3O. The maximum Gasteiger partial charge on any atom is 0.123 e. The molecule has 4 nitrogen and oxygen atoms in total. The summed E-state index contributed by atoms with van der Waals surface area (Å²) in [7, 11) is 1.51. The molecular weight excluding hydrogens is 154 g/mol. The highest BCUT2D eigenvalue weighted by molar-refractivity contribution is 5.98. The van der Waals surface area contributed by atoms with Crippen molar-refractivity contribution in [3.63, 3.8) is 0 Å². The number of nitrogens with zero attached hydrogens (tertiary/aromatic N) is 2. The van der Waals surface area contributed by atoms with Crippen molar-refractivity contribution in [2.45, 2.75) is 6.92 Å². The molecule has 0 fully saturated rings. The number of oxime groups is 1. The maximum absolute atomic E-state index is 5.42. The topological polar surface area (TPSA) is 60.5 Å². The number of anilines is 1. The maximum atomic E-state index is 5.42. The Balaban J connectivity index is 2.89. The average molecular weight is 165 g/mol. The van der Waals surface area contributed by atoms with E-state index in [4.69, 9.17) is 5.73 Å². The first-order chi connectivity index (χ1) is 5.74. The van der Waals surface area contributed by atoms with E-state index in [2.05, 4.69) is 15.0 Å². The molecule has 0 atom stereocenters. The van der Waals surface area contributed by atoms with Gasteiger partial charge in [-0.15, -0.1) is 0 Å². The van der Waals surface area contributed by atoms with Gasteiger partial charge in [-0.1, -0.05) is 5.16 Å². The highest BCUT2D eigenvalue weighted by Crippen LogP contribution is 2.02. The molecule has 0 aromatic carbocycles. The van der Waals surface area contributed by atoms with Crippen molar-refractivity contribution in [1.82, 2.24) is 4.98 Å². The van der Waals surface area contributed by atoms with Crippen molar-refractivity contribution in [2.75, 3.05) is 12.8 Å². The van der Waals surface area contributed by atoms with Crippen molar-refractivity contribution >= 4 is 11.5 Å². The highest BCUT2D eigenvalue weighted by atomic mass is 16.6. The fourth-order valence-electron chi connectivity index (χ4n) is 0.809. The van der Waals surface area contributed by atoms with Gasteiger partial charge in [0.1, 0.15) is 12.9 Å². The molecule has 0 aliphatic rings. The summed E-state index contributed by atoms with van der Waals surface area (Å²) in [4.78, 5) is 8.54. The second-order valence-corrected chi connectivity index (χ2v) is 2.33. The quantitative estimate of drug-likeness (QED) is 0.526. The van der Waals surface area contributed by atoms with Gasteiger partial charge in [-0.2, -0.15) is 0 Å². The van der Waals surface area contributed by atoms with Crippen LogP contribution in [-0.4, -0.2) is 17.8 Å². The molecule has 0 aliphatic carbocycles. The van der Waals surface area contributed by atoms with E-state index >= 15 is 0 Å². The lowest BCUT2D eigenvalue weighted by molar-refractivity contribution is 0.213. The number of hydrogen-bond donors (Lipinski definition) is 1. The minimum absolute atomic E-state index is 0.504. The van der Waals surface area contributed by atoms with Crippen LogP contribution >= 0.6 is 0 Å². The largest absolute Gasteiger partial charge is 0.399 e. The number of hydrogen-bond acceptors (Lipinski definition) is 4. The number of nitrogens with two attached hydrogens (primary N) is 1. The van der Waals surface area contributed by atoms with Gasteiger partial charge < -0.3 is 10.6 Å². The van der Waals surface area contributed by atoms with E-state index in [1.165, 1.54) is 7.11 Å². The first kappa shape index (κ1) is 8.52. The molecule has 1 aromatic rings. The molecule has 1 rings (SSSR count). The minimum atomic E-state index is 0.504. The molecule has 12 heavy (non-hydrogen) atoms. The van der Waals surface area contributed by atoms with Crippen molar-refractivity contribution in [1.29, 1.82) is 0 Å². The van der Waals surface area contributed by atoms with E-state index < -0.39 is 0 Å². The fraction of sp³-hybridized carbons (Fsp3) is 0.250. The zero-order chi connectivity index (χ0) is 8.97. The van der Waals surface area contributed by atoms with Gasteiger partial charge in [0, 0.05) is 11.8 Å². The standard InChI is InChI=1S/C8H11N3O/c1-6(11-12-2)7-3-4-8(9)10-5-7/h3-5H,1-2H3,(H2,9,10)/b11-6-. The smallest absolute Gasteiger partial charge is 0.123 e. The Kier molecular flexibility index (Phi) is 2.63. The van der Waals surface area contributed by atoms with Crippen molar-refractivity contribution in [3.05, 3.63) is 23.9 Å². The van der Waals surface area contributed by atoms with Gasteiger partial charge in [-0.05, 0) is 19.1 Å². The molecule has 0 radical (unpaired) electrons. The molecule has 0 spiro atoms. The normalized spacial score (nSPS) is 11.3. The lowest BCUT2D eigenvalue weighted by Crippen LogP contribution is -1.97. The number of nitrogen functional groups attached to an aromatic ring is 1. The van der Waals surface area contributed by atoms with Crippen LogP contribution in [0.15, 0.2) is 23.5 Å². The van der Waals surface area contributed by atoms with Gasteiger partial charge in [0.2, 0.25) is 0 Å². The number of pyridine rings is 1. The van der Waals surface area contributed by atoms with Gasteiger partial charge in [0.15, 0.2) is 0 Å². The Bertz CT molecular complexity index is 279. The van der Waals surface area contributed by atoms with Crippen LogP contribution in [0.4, 0.5) is 5.82 Å². The number of aromatic nitrogens is 1. The fourth-order valence-corrected chi connectivity index (χ4v) is 0.809. The third kappa shape index (κ3) is 1.95. The molecule has 0 unspecified atom stereocenters. The molecule has 0 bridgehead atoms. The molecule has 0 aliphatic heterocycles. The second-order valence-electron chi connectivity index (χ2n) is 2.33. The second kappa shape index (κ2) is 3.71. The molecule has 4 heteroatoms. The van der Waals surface area contributed by atoms with Crippen LogP contribution in [0.25, 0.3) is 0 Å². The summed E-state index contributed by atoms with van der Waals surface area (Å²) in [6.07, 6.45) is 1.66. The Morgan fingerprint density at radius 3 is 2.83 bits per heavy atom. The predicted octanol–water partition coefficient (Wildman–Crippen LogP) is 1.03. The predicted molar refractivity (Wildman–Crippen MR) is 47.9 cm³/mol. The first-order valence-electron chi connectivity index (χ1n) is 3.53. The van der Waals surface area contributed by atoms with Crippen LogP contribution in [0.3, 0.4) is 0 Å². The van der Waals surface area contributed by atoms with E-state index in [-0.39, 0.29) is 0 Å². The zero-order valence-electron chi connectivity index (χ0n) is 7.11. The van der Waals surface area contributed by atoms with Crippen LogP contribution in [0.1, 0.15) is 12.5 Å². The molecule has 0 amide bonds. The van der Waals surface area contributed by atoms with Crippen molar-refractivity contribution in [3.8, 4) is 0 Å². The van der Waals surface area contributed by atoms with Gasteiger partial charge in [0.25, 0.3) is 0 Å². The van der Waals surface area contributed by atoms with E-state index in [9.17, 15) is 0 Å². The van der Waals surface area contributed by atoms with Crippen LogP contribution in [0.2, 0.25) is 0 Å². The van der Waals surface area contributed by atoms with Crippen molar-refractivity contribution < 1.29 is 4.84 Å². The van der Waals surface area contributed by atoms with Gasteiger partial charge >= 0.3 is 0 Å². The molecule has 64 valence electrons. The summed E-state index contributed by atoms with van der Waals surface area (Å²) in [5.41, 5.74) is 7.11. The molecule has 1 heterocycles. The Labute approximate surface area is 71.0 Å². The SMILES string of the molecule is CO/N=C(/C)c1ccc(N)nc1. The molecule has 0 saturated carbocycles. The Hall–Kier alpha value is -1.58. The Morgan fingerprint density at radius 2 is 2.33 bits per heavy atom. The summed E-state index contributed by atoms with van der Waals surface area (Å²) < 4.78 is 0. The lowest BCUT2D eigenvalue weighted by atomic mass is 10.2. The van der Waals surface area contributed by atoms with Gasteiger partial charge in [0.05, 0.1) is 5.71 Å². The van der Waals surface area contributed by atoms with E-state index in [0.29, 0.717) is 5.82 Å². The summed E-state index contributed by atoms with van der Waals surface area (Å²) in [5, 5.41) is 3.76. The van der Waals surface area contributed by atoms with Gasteiger partial charge in [-0.25, -0.2) is 4.98 Å². The average Bonchev–Trinajstić information content (AvgIpc) is 2.06. The monoisotopic (exact) mass is 165 g/mol. The van der Waals surface area contributed by atoms with Crippen LogP contribution < -0.4 is 5.73 Å². The Morgan fingerprint density at radius 1 is 1.58 bits per heavy atom. The third-order valence-corrected chi connectivity index (χ3v) is 1.43. The van der Waals surface area contributed by atoms with Crippen LogP contribution in [0.5, 0.6) is 0 Å². The first-order valence-corrected chi connectivity index (χ1v) is 3.53. The van der Waals surface area contributed by atoms with E-state index in [0.717, 1.165) is 11.3 Å². The van der Waals surface area contributed by atoms with Crippen LogP contribution in [0, 0.1) is 0 Å². The molecule has 0 saturated heterocycles. The van der Waals surface area contributed by atoms with Gasteiger partial charge in [-0.3, -0.25) is 0 Å². The lowest BCUT2D eigenvalue weighted by Gasteiger charge is -1.98. The van der Waals surface area contributed by atoms with Crippen LogP contribution in [-0.2, 0) is 4.84 Å². The zero-order valence-corrected chi connectivity index (χ0v) is 7.11. The third-order valence-electron chi connectivity index (χ3n) is 1.43. The number of rotatable bonds is 2. The van der Waals surface area contributed by atoms with E-state index in [1.54, 1.807) is 12.3 Å². The highest BCUT2D eigenvalue weighted by Gasteiger charge is 1.96. The summed E-state index contributed by atoms with van der Waals surface area (Å²) in [6.45, 7) is 1.84.